The molecule has 1 fully saturated rings. The first-order valence-corrected chi connectivity index (χ1v) is 11.5. The van der Waals surface area contributed by atoms with Gasteiger partial charge in [0.25, 0.3) is 0 Å². The Labute approximate surface area is 201 Å². The van der Waals surface area contributed by atoms with Gasteiger partial charge < -0.3 is 20.6 Å². The Morgan fingerprint density at radius 2 is 1.86 bits per heavy atom. The van der Waals surface area contributed by atoms with Crippen LogP contribution in [0.15, 0.2) is 42.5 Å². The molecule has 1 aliphatic carbocycles. The molecule has 3 N–H and O–H groups in total. The Bertz CT molecular complexity index is 1150. The SMILES string of the molecule is CNC(=O)Nc1ccc2c(c1)CC[C@@H]2C(=O)N(CC(=O)N1CCC[C@H]1c1ccc(F)cc1)C(=O)O. The monoisotopic (exact) mass is 482 g/mol. The van der Waals surface area contributed by atoms with E-state index in [1.807, 2.05) is 0 Å². The molecule has 9 nitrogen and oxygen atoms in total. The molecule has 0 saturated carbocycles. The lowest BCUT2D eigenvalue weighted by Gasteiger charge is -2.28. The molecule has 10 heteroatoms. The highest BCUT2D eigenvalue weighted by atomic mass is 19.1. The lowest BCUT2D eigenvalue weighted by molar-refractivity contribution is -0.140. The molecule has 2 aromatic carbocycles. The fourth-order valence-corrected chi connectivity index (χ4v) is 4.90. The van der Waals surface area contributed by atoms with Crippen LogP contribution in [0.1, 0.15) is 47.9 Å². The fraction of sp³-hybridized carbons (Fsp3) is 0.360. The molecule has 1 aliphatic heterocycles. The van der Waals surface area contributed by atoms with Crippen molar-refractivity contribution >= 4 is 29.6 Å². The zero-order valence-corrected chi connectivity index (χ0v) is 19.3. The molecule has 1 saturated heterocycles. The van der Waals surface area contributed by atoms with Crippen LogP contribution in [0.5, 0.6) is 0 Å². The summed E-state index contributed by atoms with van der Waals surface area (Å²) in [5.74, 6) is -2.17. The van der Waals surface area contributed by atoms with E-state index in [4.69, 9.17) is 0 Å². The minimum absolute atomic E-state index is 0.285. The maximum atomic E-state index is 13.3. The number of anilines is 1. The van der Waals surface area contributed by atoms with Crippen molar-refractivity contribution in [2.45, 2.75) is 37.6 Å². The predicted molar refractivity (Wildman–Crippen MR) is 125 cm³/mol. The van der Waals surface area contributed by atoms with Gasteiger partial charge >= 0.3 is 12.1 Å². The Morgan fingerprint density at radius 3 is 2.54 bits per heavy atom. The molecular formula is C25H27FN4O5. The minimum atomic E-state index is -1.48. The van der Waals surface area contributed by atoms with Gasteiger partial charge in [-0.1, -0.05) is 18.2 Å². The van der Waals surface area contributed by atoms with E-state index in [0.29, 0.717) is 42.0 Å². The number of likely N-dealkylation sites (tertiary alicyclic amines) is 1. The highest BCUT2D eigenvalue weighted by Crippen LogP contribution is 2.37. The van der Waals surface area contributed by atoms with Gasteiger partial charge in [-0.3, -0.25) is 9.59 Å². The number of amides is 5. The van der Waals surface area contributed by atoms with Crippen molar-refractivity contribution in [2.75, 3.05) is 25.5 Å². The zero-order valence-electron chi connectivity index (χ0n) is 19.3. The molecular weight excluding hydrogens is 455 g/mol. The minimum Gasteiger partial charge on any atom is -0.465 e. The summed E-state index contributed by atoms with van der Waals surface area (Å²) in [6.07, 6.45) is 0.900. The Hall–Kier alpha value is -3.95. The molecule has 0 radical (unpaired) electrons. The van der Waals surface area contributed by atoms with Gasteiger partial charge in [0.1, 0.15) is 12.4 Å². The summed E-state index contributed by atoms with van der Waals surface area (Å²) in [4.78, 5) is 52.1. The van der Waals surface area contributed by atoms with Crippen molar-refractivity contribution < 1.29 is 28.7 Å². The topological polar surface area (TPSA) is 119 Å². The third-order valence-electron chi connectivity index (χ3n) is 6.62. The molecule has 2 aliphatic rings. The number of nitrogens with zero attached hydrogens (tertiary/aromatic N) is 2. The first-order valence-electron chi connectivity index (χ1n) is 11.5. The molecule has 5 amide bonds. The number of rotatable bonds is 5. The summed E-state index contributed by atoms with van der Waals surface area (Å²) in [6.45, 7) is -0.135. The summed E-state index contributed by atoms with van der Waals surface area (Å²) < 4.78 is 13.3. The molecule has 0 unspecified atom stereocenters. The van der Waals surface area contributed by atoms with Gasteiger partial charge in [-0.25, -0.2) is 18.9 Å². The molecule has 4 rings (SSSR count). The number of carbonyl (C=O) groups excluding carboxylic acids is 3. The summed E-state index contributed by atoms with van der Waals surface area (Å²) in [7, 11) is 1.50. The number of carboxylic acid groups (broad SMARTS) is 1. The Kier molecular flexibility index (Phi) is 6.99. The third kappa shape index (κ3) is 5.11. The normalized spacial score (nSPS) is 18.6. The van der Waals surface area contributed by atoms with Gasteiger partial charge in [-0.05, 0) is 66.6 Å². The first-order chi connectivity index (χ1) is 16.8. The van der Waals surface area contributed by atoms with Gasteiger partial charge in [-0.2, -0.15) is 0 Å². The van der Waals surface area contributed by atoms with E-state index in [1.54, 1.807) is 35.2 Å². The standard InChI is InChI=1S/C25H27FN4O5/c1-27-24(33)28-18-9-11-19-16(13-18)6-10-20(19)23(32)30(25(34)35)14-22(31)29-12-2-3-21(29)15-4-7-17(26)8-5-15/h4-5,7-9,11,13,20-21H,2-3,6,10,12,14H2,1H3,(H,34,35)(H2,27,28,33)/t20-,21-/m0/s1. The predicted octanol–water partition coefficient (Wildman–Crippen LogP) is 3.48. The van der Waals surface area contributed by atoms with Crippen molar-refractivity contribution in [3.8, 4) is 0 Å². The number of aryl methyl sites for hydroxylation is 1. The third-order valence-corrected chi connectivity index (χ3v) is 6.62. The molecule has 0 aromatic heterocycles. The van der Waals surface area contributed by atoms with Crippen molar-refractivity contribution in [3.63, 3.8) is 0 Å². The summed E-state index contributed by atoms with van der Waals surface area (Å²) in [6, 6.07) is 10.4. The van der Waals surface area contributed by atoms with Crippen LogP contribution in [0.4, 0.5) is 19.7 Å². The number of benzene rings is 2. The number of halogens is 1. The number of imide groups is 1. The lowest BCUT2D eigenvalue weighted by atomic mass is 9.99. The second-order valence-corrected chi connectivity index (χ2v) is 8.71. The van der Waals surface area contributed by atoms with E-state index in [-0.39, 0.29) is 17.9 Å². The number of fused-ring (bicyclic) bond motifs is 1. The number of urea groups is 1. The van der Waals surface area contributed by atoms with Crippen LogP contribution in [-0.2, 0) is 16.0 Å². The van der Waals surface area contributed by atoms with Crippen LogP contribution in [0, 0.1) is 5.82 Å². The van der Waals surface area contributed by atoms with Crippen molar-refractivity contribution in [1.29, 1.82) is 0 Å². The largest absolute Gasteiger partial charge is 0.465 e. The zero-order chi connectivity index (χ0) is 25.1. The second-order valence-electron chi connectivity index (χ2n) is 8.71. The summed E-state index contributed by atoms with van der Waals surface area (Å²) in [5, 5.41) is 14.9. The average Bonchev–Trinajstić information content (AvgIpc) is 3.49. The highest BCUT2D eigenvalue weighted by Gasteiger charge is 2.38. The maximum absolute atomic E-state index is 13.3. The van der Waals surface area contributed by atoms with Gasteiger partial charge in [0.2, 0.25) is 11.8 Å². The molecule has 0 bridgehead atoms. The molecule has 0 spiro atoms. The molecule has 35 heavy (non-hydrogen) atoms. The number of hydrogen-bond donors (Lipinski definition) is 3. The van der Waals surface area contributed by atoms with E-state index in [9.17, 15) is 28.7 Å². The second kappa shape index (κ2) is 10.1. The first kappa shape index (κ1) is 24.2. The number of nitrogens with one attached hydrogen (secondary N) is 2. The van der Waals surface area contributed by atoms with E-state index >= 15 is 0 Å². The van der Waals surface area contributed by atoms with Crippen LogP contribution >= 0.6 is 0 Å². The van der Waals surface area contributed by atoms with Crippen molar-refractivity contribution in [3.05, 3.63) is 65.0 Å². The average molecular weight is 483 g/mol. The van der Waals surface area contributed by atoms with Crippen LogP contribution in [0.25, 0.3) is 0 Å². The lowest BCUT2D eigenvalue weighted by Crippen LogP contribution is -2.46. The highest BCUT2D eigenvalue weighted by molar-refractivity contribution is 5.99. The molecule has 184 valence electrons. The van der Waals surface area contributed by atoms with Crippen LogP contribution in [0.2, 0.25) is 0 Å². The smallest absolute Gasteiger partial charge is 0.414 e. The van der Waals surface area contributed by atoms with Crippen LogP contribution in [0.3, 0.4) is 0 Å². The van der Waals surface area contributed by atoms with E-state index in [2.05, 4.69) is 10.6 Å². The molecule has 1 heterocycles. The molecule has 2 aromatic rings. The van der Waals surface area contributed by atoms with Crippen LogP contribution in [-0.4, -0.2) is 59.0 Å². The van der Waals surface area contributed by atoms with Gasteiger partial charge in [-0.15, -0.1) is 0 Å². The number of carbonyl (C=O) groups is 4. The Morgan fingerprint density at radius 1 is 1.11 bits per heavy atom. The van der Waals surface area contributed by atoms with E-state index in [1.165, 1.54) is 19.2 Å². The molecule has 2 atom stereocenters. The summed E-state index contributed by atoms with van der Waals surface area (Å²) in [5.41, 5.74) is 2.89. The fourth-order valence-electron chi connectivity index (χ4n) is 4.90. The van der Waals surface area contributed by atoms with Crippen LogP contribution < -0.4 is 10.6 Å². The van der Waals surface area contributed by atoms with Gasteiger partial charge in [0.15, 0.2) is 0 Å². The Balaban J connectivity index is 1.48. The quantitative estimate of drug-likeness (QED) is 0.603. The maximum Gasteiger partial charge on any atom is 0.414 e. The number of hydrogen-bond acceptors (Lipinski definition) is 4. The van der Waals surface area contributed by atoms with Gasteiger partial charge in [0, 0.05) is 19.3 Å². The van der Waals surface area contributed by atoms with Crippen molar-refractivity contribution in [1.82, 2.24) is 15.1 Å². The van der Waals surface area contributed by atoms with E-state index < -0.39 is 30.4 Å². The van der Waals surface area contributed by atoms with Gasteiger partial charge in [0.05, 0.1) is 12.0 Å². The van der Waals surface area contributed by atoms with Crippen molar-refractivity contribution in [2.24, 2.45) is 0 Å². The summed E-state index contributed by atoms with van der Waals surface area (Å²) >= 11 is 0. The van der Waals surface area contributed by atoms with E-state index in [0.717, 1.165) is 17.5 Å².